The van der Waals surface area contributed by atoms with Gasteiger partial charge in [-0.1, -0.05) is 49.1 Å². The highest BCUT2D eigenvalue weighted by atomic mass is 35.5. The van der Waals surface area contributed by atoms with Crippen molar-refractivity contribution in [3.63, 3.8) is 0 Å². The molecule has 0 atom stereocenters. The second kappa shape index (κ2) is 8.19. The minimum absolute atomic E-state index is 0.0139. The largest absolute Gasteiger partial charge is 0.342 e. The number of likely N-dealkylation sites (N-methyl/N-ethyl adjacent to an activating group) is 1. The zero-order valence-corrected chi connectivity index (χ0v) is 16.0. The molecule has 25 heavy (non-hydrogen) atoms. The second-order valence-electron chi connectivity index (χ2n) is 6.40. The first kappa shape index (κ1) is 18.2. The molecule has 3 rings (SSSR count). The number of halogens is 1. The lowest BCUT2D eigenvalue weighted by Gasteiger charge is -2.33. The molecule has 0 unspecified atom stereocenters. The summed E-state index contributed by atoms with van der Waals surface area (Å²) in [7, 11) is 0. The Balaban J connectivity index is 1.64. The Kier molecular flexibility index (Phi) is 5.97. The van der Waals surface area contributed by atoms with Crippen molar-refractivity contribution < 1.29 is 9.59 Å². The minimum Gasteiger partial charge on any atom is -0.342 e. The third-order valence-corrected chi connectivity index (χ3v) is 6.49. The van der Waals surface area contributed by atoms with E-state index in [1.54, 1.807) is 0 Å². The van der Waals surface area contributed by atoms with Crippen LogP contribution in [0.25, 0.3) is 10.1 Å². The van der Waals surface area contributed by atoms with Crippen LogP contribution in [0.4, 0.5) is 0 Å². The van der Waals surface area contributed by atoms with E-state index in [0.717, 1.165) is 22.9 Å². The first-order valence-electron chi connectivity index (χ1n) is 8.86. The highest BCUT2D eigenvalue weighted by Gasteiger charge is 2.25. The number of carbonyl (C=O) groups is 2. The smallest absolute Gasteiger partial charge is 0.263 e. The molecule has 2 amide bonds. The van der Waals surface area contributed by atoms with Gasteiger partial charge in [0.15, 0.2) is 0 Å². The van der Waals surface area contributed by atoms with Crippen molar-refractivity contribution in [2.45, 2.75) is 45.1 Å². The summed E-state index contributed by atoms with van der Waals surface area (Å²) in [4.78, 5) is 27.4. The molecule has 0 aliphatic heterocycles. The van der Waals surface area contributed by atoms with E-state index >= 15 is 0 Å². The van der Waals surface area contributed by atoms with Crippen molar-refractivity contribution in [3.05, 3.63) is 34.2 Å². The summed E-state index contributed by atoms with van der Waals surface area (Å²) in [5.74, 6) is -0.292. The van der Waals surface area contributed by atoms with E-state index in [-0.39, 0.29) is 18.4 Å². The number of hydrogen-bond donors (Lipinski definition) is 1. The van der Waals surface area contributed by atoms with E-state index in [4.69, 9.17) is 11.6 Å². The van der Waals surface area contributed by atoms with Gasteiger partial charge in [0.05, 0.1) is 11.6 Å². The number of fused-ring (bicyclic) bond motifs is 1. The van der Waals surface area contributed by atoms with Crippen LogP contribution < -0.4 is 5.32 Å². The summed E-state index contributed by atoms with van der Waals surface area (Å²) >= 11 is 7.69. The summed E-state index contributed by atoms with van der Waals surface area (Å²) in [6.45, 7) is 2.70. The lowest BCUT2D eigenvalue weighted by Crippen LogP contribution is -2.46. The van der Waals surface area contributed by atoms with Gasteiger partial charge < -0.3 is 10.2 Å². The molecule has 0 radical (unpaired) electrons. The van der Waals surface area contributed by atoms with E-state index in [9.17, 15) is 9.59 Å². The Morgan fingerprint density at radius 1 is 1.24 bits per heavy atom. The maximum absolute atomic E-state index is 12.5. The molecule has 2 aromatic rings. The number of nitrogens with one attached hydrogen (secondary N) is 1. The topological polar surface area (TPSA) is 49.4 Å². The number of rotatable bonds is 5. The van der Waals surface area contributed by atoms with Crippen LogP contribution in [0.5, 0.6) is 0 Å². The minimum atomic E-state index is -0.278. The molecule has 6 heteroatoms. The number of thiophene rings is 1. The fraction of sp³-hybridized carbons (Fsp3) is 0.474. The summed E-state index contributed by atoms with van der Waals surface area (Å²) in [5.41, 5.74) is 0. The Bertz CT molecular complexity index is 768. The molecule has 1 aliphatic rings. The maximum Gasteiger partial charge on any atom is 0.263 e. The molecule has 4 nitrogen and oxygen atoms in total. The van der Waals surface area contributed by atoms with Gasteiger partial charge in [0.25, 0.3) is 5.91 Å². The van der Waals surface area contributed by atoms with Gasteiger partial charge in [-0.25, -0.2) is 0 Å². The Hall–Kier alpha value is -1.59. The summed E-state index contributed by atoms with van der Waals surface area (Å²) in [5, 5.41) is 4.09. The van der Waals surface area contributed by atoms with Gasteiger partial charge in [0, 0.05) is 22.7 Å². The highest BCUT2D eigenvalue weighted by molar-refractivity contribution is 7.21. The van der Waals surface area contributed by atoms with Crippen LogP contribution in [0, 0.1) is 0 Å². The predicted molar refractivity (Wildman–Crippen MR) is 103 cm³/mol. The van der Waals surface area contributed by atoms with Gasteiger partial charge in [-0.3, -0.25) is 9.59 Å². The first-order valence-corrected chi connectivity index (χ1v) is 10.1. The zero-order chi connectivity index (χ0) is 17.8. The van der Waals surface area contributed by atoms with Crippen LogP contribution in [0.15, 0.2) is 24.3 Å². The monoisotopic (exact) mass is 378 g/mol. The van der Waals surface area contributed by atoms with Gasteiger partial charge >= 0.3 is 0 Å². The average molecular weight is 379 g/mol. The number of benzene rings is 1. The highest BCUT2D eigenvalue weighted by Crippen LogP contribution is 2.34. The fourth-order valence-electron chi connectivity index (χ4n) is 3.53. The Morgan fingerprint density at radius 2 is 1.96 bits per heavy atom. The molecule has 1 heterocycles. The van der Waals surface area contributed by atoms with Crippen LogP contribution in [0.1, 0.15) is 48.7 Å². The SMILES string of the molecule is CCN(C(=O)CNC(=O)c1sc2ccccc2c1Cl)C1CCCCC1. The van der Waals surface area contributed by atoms with Gasteiger partial charge in [0.1, 0.15) is 4.88 Å². The third-order valence-electron chi connectivity index (χ3n) is 4.82. The Morgan fingerprint density at radius 3 is 2.64 bits per heavy atom. The Labute approximate surface area is 157 Å². The predicted octanol–water partition coefficient (Wildman–Crippen LogP) is 4.47. The summed E-state index contributed by atoms with van der Waals surface area (Å²) < 4.78 is 0.973. The summed E-state index contributed by atoms with van der Waals surface area (Å²) in [6.07, 6.45) is 5.74. The van der Waals surface area contributed by atoms with Crippen LogP contribution in [0.2, 0.25) is 5.02 Å². The molecule has 1 N–H and O–H groups in total. The normalized spacial score (nSPS) is 15.3. The van der Waals surface area contributed by atoms with Crippen LogP contribution in [-0.4, -0.2) is 35.8 Å². The summed E-state index contributed by atoms with van der Waals surface area (Å²) in [6, 6.07) is 7.98. The average Bonchev–Trinajstić information content (AvgIpc) is 2.98. The van der Waals surface area contributed by atoms with Crippen LogP contribution in [-0.2, 0) is 4.79 Å². The number of amides is 2. The molecule has 0 spiro atoms. The number of carbonyl (C=O) groups excluding carboxylic acids is 2. The van der Waals surface area contributed by atoms with Crippen molar-refractivity contribution in [3.8, 4) is 0 Å². The molecule has 1 aromatic heterocycles. The van der Waals surface area contributed by atoms with E-state index in [1.807, 2.05) is 36.1 Å². The van der Waals surface area contributed by atoms with E-state index < -0.39 is 0 Å². The third kappa shape index (κ3) is 3.98. The lowest BCUT2D eigenvalue weighted by atomic mass is 9.94. The van der Waals surface area contributed by atoms with Crippen molar-refractivity contribution in [2.24, 2.45) is 0 Å². The fourth-order valence-corrected chi connectivity index (χ4v) is 4.96. The maximum atomic E-state index is 12.5. The molecule has 0 saturated heterocycles. The molecular weight excluding hydrogens is 356 g/mol. The molecule has 1 saturated carbocycles. The molecule has 1 fully saturated rings. The van der Waals surface area contributed by atoms with Crippen molar-refractivity contribution in [1.29, 1.82) is 0 Å². The standard InChI is InChI=1S/C19H23ClN2O2S/c1-2-22(13-8-4-3-5-9-13)16(23)12-21-19(24)18-17(20)14-10-6-7-11-15(14)25-18/h6-7,10-11,13H,2-5,8-9,12H2,1H3,(H,21,24). The van der Waals surface area contributed by atoms with Crippen molar-refractivity contribution in [2.75, 3.05) is 13.1 Å². The molecule has 0 bridgehead atoms. The lowest BCUT2D eigenvalue weighted by molar-refractivity contribution is -0.132. The van der Waals surface area contributed by atoms with Crippen LogP contribution >= 0.6 is 22.9 Å². The molecule has 134 valence electrons. The van der Waals surface area contributed by atoms with Gasteiger partial charge in [-0.05, 0) is 25.8 Å². The van der Waals surface area contributed by atoms with Crippen LogP contribution in [0.3, 0.4) is 0 Å². The molecular formula is C19H23ClN2O2S. The second-order valence-corrected chi connectivity index (χ2v) is 7.83. The first-order chi connectivity index (χ1) is 12.1. The van der Waals surface area contributed by atoms with E-state index in [2.05, 4.69) is 5.32 Å². The number of nitrogens with zero attached hydrogens (tertiary/aromatic N) is 1. The van der Waals surface area contributed by atoms with Crippen molar-refractivity contribution in [1.82, 2.24) is 10.2 Å². The van der Waals surface area contributed by atoms with Gasteiger partial charge in [0.2, 0.25) is 5.91 Å². The van der Waals surface area contributed by atoms with Gasteiger partial charge in [-0.15, -0.1) is 11.3 Å². The molecule has 1 aliphatic carbocycles. The van der Waals surface area contributed by atoms with E-state index in [1.165, 1.54) is 30.6 Å². The zero-order valence-electron chi connectivity index (χ0n) is 14.4. The van der Waals surface area contributed by atoms with E-state index in [0.29, 0.717) is 22.5 Å². The molecule has 1 aromatic carbocycles. The quantitative estimate of drug-likeness (QED) is 0.834. The van der Waals surface area contributed by atoms with Gasteiger partial charge in [-0.2, -0.15) is 0 Å². The van der Waals surface area contributed by atoms with Crippen molar-refractivity contribution >= 4 is 44.8 Å². The number of hydrogen-bond acceptors (Lipinski definition) is 3.